The van der Waals surface area contributed by atoms with E-state index in [4.69, 9.17) is 9.84 Å². The van der Waals surface area contributed by atoms with E-state index in [-0.39, 0.29) is 17.5 Å². The molecule has 2 N–H and O–H groups in total. The molecule has 0 aliphatic carbocycles. The first-order valence-corrected chi connectivity index (χ1v) is 13.8. The van der Waals surface area contributed by atoms with Gasteiger partial charge in [-0.1, -0.05) is 57.5 Å². The molecule has 0 bridgehead atoms. The number of aliphatic hydroxyl groups excluding tert-OH is 1. The van der Waals surface area contributed by atoms with Crippen LogP contribution in [0.5, 0.6) is 0 Å². The summed E-state index contributed by atoms with van der Waals surface area (Å²) < 4.78 is 79.7. The molecular weight excluding hydrogens is 562 g/mol. The van der Waals surface area contributed by atoms with E-state index in [0.29, 0.717) is 18.7 Å². The van der Waals surface area contributed by atoms with E-state index in [1.54, 1.807) is 7.05 Å². The maximum absolute atomic E-state index is 12.5. The Morgan fingerprint density at radius 2 is 1.36 bits per heavy atom. The van der Waals surface area contributed by atoms with Crippen molar-refractivity contribution < 1.29 is 41.0 Å². The van der Waals surface area contributed by atoms with Crippen LogP contribution in [-0.2, 0) is 28.3 Å². The van der Waals surface area contributed by atoms with Crippen molar-refractivity contribution in [2.45, 2.75) is 78.8 Å². The molecule has 0 aliphatic heterocycles. The van der Waals surface area contributed by atoms with Gasteiger partial charge in [-0.3, -0.25) is 4.79 Å². The third-order valence-electron chi connectivity index (χ3n) is 5.38. The zero-order chi connectivity index (χ0) is 33.4. The first-order valence-electron chi connectivity index (χ1n) is 13.8. The monoisotopic (exact) mass is 612 g/mol. The summed E-state index contributed by atoms with van der Waals surface area (Å²) in [5.74, 6) is 0.00463. The quantitative estimate of drug-likeness (QED) is 0.233. The van der Waals surface area contributed by atoms with Gasteiger partial charge in [-0.05, 0) is 76.2 Å². The summed E-state index contributed by atoms with van der Waals surface area (Å²) >= 11 is 0. The molecule has 2 aromatic carbocycles. The molecule has 11 heteroatoms. The minimum atomic E-state index is -4.83. The van der Waals surface area contributed by atoms with Crippen LogP contribution in [0.1, 0.15) is 82.2 Å². The van der Waals surface area contributed by atoms with Gasteiger partial charge in [-0.25, -0.2) is 0 Å². The molecule has 0 heterocycles. The van der Waals surface area contributed by atoms with E-state index >= 15 is 0 Å². The van der Waals surface area contributed by atoms with Gasteiger partial charge in [-0.15, -0.1) is 0 Å². The van der Waals surface area contributed by atoms with E-state index in [2.05, 4.69) is 55.5 Å². The second-order valence-electron chi connectivity index (χ2n) is 8.94. The number of methoxy groups -OCH3 is 1. The average Bonchev–Trinajstić information content (AvgIpc) is 2.96. The Morgan fingerprint density at radius 3 is 1.67 bits per heavy atom. The summed E-state index contributed by atoms with van der Waals surface area (Å²) in [5, 5.41) is 11.0. The van der Waals surface area contributed by atoms with Crippen molar-refractivity contribution in [2.75, 3.05) is 41.4 Å². The highest BCUT2D eigenvalue weighted by Crippen LogP contribution is 2.37. The van der Waals surface area contributed by atoms with Gasteiger partial charge in [-0.2, -0.15) is 26.3 Å². The number of nitrogens with zero attached hydrogens (tertiary/aromatic N) is 1. The Labute approximate surface area is 248 Å². The average molecular weight is 613 g/mol. The predicted octanol–water partition coefficient (Wildman–Crippen LogP) is 8.17. The highest BCUT2D eigenvalue weighted by molar-refractivity contribution is 5.72. The summed E-state index contributed by atoms with van der Waals surface area (Å²) in [6.07, 6.45) is -6.12. The number of ether oxygens (including phenoxy) is 1. The maximum Gasteiger partial charge on any atom is 0.416 e. The van der Waals surface area contributed by atoms with Crippen LogP contribution in [0.25, 0.3) is 0 Å². The lowest BCUT2D eigenvalue weighted by molar-refractivity contribution is -0.143. The van der Waals surface area contributed by atoms with Gasteiger partial charge in [0.2, 0.25) is 5.91 Å². The number of aryl methyl sites for hydroxylation is 1. The molecule has 5 nitrogen and oxygen atoms in total. The zero-order valence-electron chi connectivity index (χ0n) is 26.4. The van der Waals surface area contributed by atoms with Gasteiger partial charge in [0.15, 0.2) is 0 Å². The fourth-order valence-electron chi connectivity index (χ4n) is 2.61. The number of aliphatic hydroxyl groups is 1. The minimum absolute atomic E-state index is 0.00463. The molecule has 2 rings (SSSR count). The van der Waals surface area contributed by atoms with Crippen LogP contribution < -0.4 is 5.32 Å². The molecule has 1 unspecified atom stereocenters. The van der Waals surface area contributed by atoms with E-state index in [1.807, 2.05) is 19.9 Å². The number of rotatable bonds is 8. The highest BCUT2D eigenvalue weighted by Gasteiger charge is 2.37. The molecule has 0 aliphatic rings. The van der Waals surface area contributed by atoms with Crippen molar-refractivity contribution in [2.24, 2.45) is 0 Å². The van der Waals surface area contributed by atoms with Gasteiger partial charge in [0.05, 0.1) is 17.2 Å². The lowest BCUT2D eigenvalue weighted by atomic mass is 10.0. The smallest absolute Gasteiger partial charge is 0.396 e. The molecule has 2 aromatic rings. The van der Waals surface area contributed by atoms with E-state index in [1.165, 1.54) is 32.9 Å². The summed E-state index contributed by atoms with van der Waals surface area (Å²) in [7, 11) is 6.92. The van der Waals surface area contributed by atoms with Gasteiger partial charge >= 0.3 is 12.4 Å². The summed E-state index contributed by atoms with van der Waals surface area (Å²) in [6, 6.07) is 11.9. The first kappa shape index (κ1) is 43.8. The van der Waals surface area contributed by atoms with Crippen LogP contribution in [0.3, 0.4) is 0 Å². The van der Waals surface area contributed by atoms with Crippen LogP contribution in [0.15, 0.2) is 48.5 Å². The largest absolute Gasteiger partial charge is 0.416 e. The number of nitrogens with one attached hydrogen (secondary N) is 1. The number of hydrogen-bond donors (Lipinski definition) is 2. The SMILES string of the molecule is CC.CCN(C)C.CNC(C)=O.COC(C)c1cc(C(F)(F)F)cc(C(F)(F)F)c1.OCCCCCc1ccccc1. The summed E-state index contributed by atoms with van der Waals surface area (Å²) in [4.78, 5) is 11.8. The molecular formula is C31H50F6N2O3. The van der Waals surface area contributed by atoms with Crippen molar-refractivity contribution in [1.29, 1.82) is 0 Å². The number of halogens is 6. The van der Waals surface area contributed by atoms with E-state index in [0.717, 1.165) is 25.8 Å². The van der Waals surface area contributed by atoms with Crippen LogP contribution in [0, 0.1) is 0 Å². The zero-order valence-corrected chi connectivity index (χ0v) is 26.4. The molecule has 0 aromatic heterocycles. The Morgan fingerprint density at radius 1 is 0.929 bits per heavy atom. The molecule has 0 saturated heterocycles. The summed E-state index contributed by atoms with van der Waals surface area (Å²) in [5.41, 5.74) is -1.44. The number of hydrogen-bond acceptors (Lipinski definition) is 4. The van der Waals surface area contributed by atoms with Crippen molar-refractivity contribution in [1.82, 2.24) is 10.2 Å². The van der Waals surface area contributed by atoms with Crippen LogP contribution in [0.2, 0.25) is 0 Å². The topological polar surface area (TPSA) is 61.8 Å². The number of carbonyl (C=O) groups is 1. The van der Waals surface area contributed by atoms with Crippen LogP contribution in [0.4, 0.5) is 26.3 Å². The van der Waals surface area contributed by atoms with Gasteiger partial charge in [0, 0.05) is 27.7 Å². The second-order valence-corrected chi connectivity index (χ2v) is 8.94. The van der Waals surface area contributed by atoms with Crippen LogP contribution >= 0.6 is 0 Å². The third-order valence-corrected chi connectivity index (χ3v) is 5.38. The Bertz CT molecular complexity index is 889. The lowest BCUT2D eigenvalue weighted by Crippen LogP contribution is -2.12. The Balaban J connectivity index is -0.000000543. The number of unbranched alkanes of at least 4 members (excludes halogenated alkanes) is 2. The molecule has 0 radical (unpaired) electrons. The fourth-order valence-corrected chi connectivity index (χ4v) is 2.61. The van der Waals surface area contributed by atoms with E-state index < -0.39 is 29.6 Å². The molecule has 244 valence electrons. The first-order chi connectivity index (χ1) is 19.5. The predicted molar refractivity (Wildman–Crippen MR) is 158 cm³/mol. The maximum atomic E-state index is 12.5. The Kier molecular flexibility index (Phi) is 26.0. The number of amides is 1. The van der Waals surface area contributed by atoms with Crippen molar-refractivity contribution in [3.8, 4) is 0 Å². The molecule has 0 fully saturated rings. The highest BCUT2D eigenvalue weighted by atomic mass is 19.4. The van der Waals surface area contributed by atoms with Crippen molar-refractivity contribution in [3.05, 3.63) is 70.8 Å². The number of benzene rings is 2. The minimum Gasteiger partial charge on any atom is -0.396 e. The van der Waals surface area contributed by atoms with Gasteiger partial charge in [0.25, 0.3) is 0 Å². The molecule has 42 heavy (non-hydrogen) atoms. The van der Waals surface area contributed by atoms with Crippen molar-refractivity contribution >= 4 is 5.91 Å². The Hall–Kier alpha value is -2.63. The van der Waals surface area contributed by atoms with Crippen molar-refractivity contribution in [3.63, 3.8) is 0 Å². The molecule has 1 amide bonds. The fraction of sp³-hybridized carbons (Fsp3) is 0.581. The van der Waals surface area contributed by atoms with Gasteiger partial charge < -0.3 is 20.1 Å². The second kappa shape index (κ2) is 24.9. The standard InChI is InChI=1S/C11H10F6O.C11H16O.C4H11N.C3H7NO.C2H6/c1-6(18-2)7-3-8(10(12,13)14)5-9(4-7)11(15,16)17;12-10-6-2-5-9-11-7-3-1-4-8-11;1-4-5(2)3;1-3(5)4-2;1-2/h3-6H,1-2H3;1,3-4,7-8,12H,2,5-6,9-10H2;4H2,1-3H3;1-2H3,(H,4,5);1-2H3. The normalized spacial score (nSPS) is 11.3. The molecule has 0 saturated carbocycles. The molecule has 0 spiro atoms. The number of alkyl halides is 6. The third kappa shape index (κ3) is 24.0. The lowest BCUT2D eigenvalue weighted by Gasteiger charge is -2.17. The molecule has 1 atom stereocenters. The van der Waals surface area contributed by atoms with Gasteiger partial charge in [0.1, 0.15) is 0 Å². The van der Waals surface area contributed by atoms with E-state index in [9.17, 15) is 31.1 Å². The number of carbonyl (C=O) groups excluding carboxylic acids is 1. The van der Waals surface area contributed by atoms with Crippen LogP contribution in [-0.4, -0.2) is 57.3 Å². The summed E-state index contributed by atoms with van der Waals surface area (Å²) in [6.45, 7) is 10.4.